The van der Waals surface area contributed by atoms with Crippen LogP contribution in [0.1, 0.15) is 11.3 Å². The van der Waals surface area contributed by atoms with Crippen LogP contribution in [0.5, 0.6) is 0 Å². The van der Waals surface area contributed by atoms with Crippen molar-refractivity contribution in [1.29, 1.82) is 0 Å². The molecule has 0 spiro atoms. The fourth-order valence-corrected chi connectivity index (χ4v) is 1.70. The Morgan fingerprint density at radius 1 is 1.44 bits per heavy atom. The molecule has 0 saturated heterocycles. The van der Waals surface area contributed by atoms with Crippen molar-refractivity contribution < 1.29 is 9.31 Å². The summed E-state index contributed by atoms with van der Waals surface area (Å²) in [6, 6.07) is 5.79. The summed E-state index contributed by atoms with van der Waals surface area (Å²) >= 11 is 0. The zero-order valence-corrected chi connectivity index (χ0v) is 9.63. The van der Waals surface area contributed by atoms with E-state index < -0.39 is 4.92 Å². The van der Waals surface area contributed by atoms with Gasteiger partial charge in [-0.05, 0) is 24.6 Å². The fourth-order valence-electron chi connectivity index (χ4n) is 1.70. The van der Waals surface area contributed by atoms with Crippen LogP contribution < -0.4 is 5.73 Å². The van der Waals surface area contributed by atoms with E-state index in [2.05, 4.69) is 5.10 Å². The third kappa shape index (κ3) is 2.15. The van der Waals surface area contributed by atoms with Crippen LogP contribution in [0.3, 0.4) is 0 Å². The lowest BCUT2D eigenvalue weighted by Gasteiger charge is -2.03. The molecule has 1 heterocycles. The predicted molar refractivity (Wildman–Crippen MR) is 63.5 cm³/mol. The van der Waals surface area contributed by atoms with Crippen molar-refractivity contribution in [2.75, 3.05) is 5.73 Å². The molecule has 0 aliphatic rings. The summed E-state index contributed by atoms with van der Waals surface area (Å²) in [6.45, 7) is 1.79. The average molecular weight is 250 g/mol. The van der Waals surface area contributed by atoms with Crippen molar-refractivity contribution in [3.8, 4) is 0 Å². The van der Waals surface area contributed by atoms with E-state index in [0.717, 1.165) is 5.56 Å². The zero-order chi connectivity index (χ0) is 13.3. The summed E-state index contributed by atoms with van der Waals surface area (Å²) in [5.74, 6) is -0.337. The summed E-state index contributed by atoms with van der Waals surface area (Å²) in [5.41, 5.74) is 6.51. The lowest BCUT2D eigenvalue weighted by atomic mass is 10.2. The fraction of sp³-hybridized carbons (Fsp3) is 0.182. The first-order chi connectivity index (χ1) is 8.49. The van der Waals surface area contributed by atoms with E-state index in [1.54, 1.807) is 12.1 Å². The van der Waals surface area contributed by atoms with E-state index in [9.17, 15) is 14.5 Å². The highest BCUT2D eigenvalue weighted by Gasteiger charge is 2.22. The zero-order valence-electron chi connectivity index (χ0n) is 9.63. The number of nitrogens with zero attached hydrogens (tertiary/aromatic N) is 3. The monoisotopic (exact) mass is 250 g/mol. The summed E-state index contributed by atoms with van der Waals surface area (Å²) in [7, 11) is 0. The Labute approximate surface area is 102 Å². The Hall–Kier alpha value is -2.44. The molecule has 94 valence electrons. The molecular formula is C11H11FN4O2. The standard InChI is InChI=1S/C11H11FN4O2/c1-7-10(16(17)18)11(13)15(14-7)6-8-2-4-9(12)5-3-8/h2-5H,6,13H2,1H3. The van der Waals surface area contributed by atoms with Crippen molar-refractivity contribution in [3.63, 3.8) is 0 Å². The van der Waals surface area contributed by atoms with Crippen molar-refractivity contribution in [1.82, 2.24) is 9.78 Å². The number of hydrogen-bond donors (Lipinski definition) is 1. The van der Waals surface area contributed by atoms with Crippen LogP contribution in [-0.2, 0) is 6.54 Å². The second kappa shape index (κ2) is 4.44. The molecule has 1 aromatic carbocycles. The van der Waals surface area contributed by atoms with Crippen molar-refractivity contribution >= 4 is 11.5 Å². The molecule has 0 bridgehead atoms. The quantitative estimate of drug-likeness (QED) is 0.665. The van der Waals surface area contributed by atoms with Crippen LogP contribution in [-0.4, -0.2) is 14.7 Å². The first-order valence-corrected chi connectivity index (χ1v) is 5.20. The lowest BCUT2D eigenvalue weighted by molar-refractivity contribution is -0.384. The molecule has 6 nitrogen and oxygen atoms in total. The average Bonchev–Trinajstić information content (AvgIpc) is 2.57. The normalized spacial score (nSPS) is 10.6. The van der Waals surface area contributed by atoms with Crippen LogP contribution in [0.2, 0.25) is 0 Å². The number of rotatable bonds is 3. The van der Waals surface area contributed by atoms with Crippen LogP contribution in [0, 0.1) is 22.9 Å². The minimum Gasteiger partial charge on any atom is -0.378 e. The van der Waals surface area contributed by atoms with Gasteiger partial charge in [-0.2, -0.15) is 5.10 Å². The summed E-state index contributed by atoms with van der Waals surface area (Å²) in [6.07, 6.45) is 0. The molecule has 7 heteroatoms. The lowest BCUT2D eigenvalue weighted by Crippen LogP contribution is -2.06. The van der Waals surface area contributed by atoms with Gasteiger partial charge in [-0.3, -0.25) is 10.1 Å². The molecule has 1 aromatic heterocycles. The number of nitrogens with two attached hydrogens (primary N) is 1. The van der Waals surface area contributed by atoms with Crippen molar-refractivity contribution in [3.05, 3.63) is 51.5 Å². The first-order valence-electron chi connectivity index (χ1n) is 5.20. The van der Waals surface area contributed by atoms with E-state index in [0.29, 0.717) is 0 Å². The third-order valence-electron chi connectivity index (χ3n) is 2.56. The Balaban J connectivity index is 2.33. The van der Waals surface area contributed by atoms with Crippen molar-refractivity contribution in [2.24, 2.45) is 0 Å². The third-order valence-corrected chi connectivity index (χ3v) is 2.56. The second-order valence-electron chi connectivity index (χ2n) is 3.86. The van der Waals surface area contributed by atoms with E-state index in [1.165, 1.54) is 23.7 Å². The number of halogens is 1. The molecule has 2 aromatic rings. The molecule has 0 unspecified atom stereocenters. The molecular weight excluding hydrogens is 239 g/mol. The number of anilines is 1. The molecule has 18 heavy (non-hydrogen) atoms. The van der Waals surface area contributed by atoms with E-state index in [1.807, 2.05) is 0 Å². The van der Waals surface area contributed by atoms with Gasteiger partial charge in [0.05, 0.1) is 11.5 Å². The van der Waals surface area contributed by atoms with Gasteiger partial charge in [0, 0.05) is 0 Å². The van der Waals surface area contributed by atoms with Gasteiger partial charge in [0.1, 0.15) is 11.5 Å². The number of aromatic nitrogens is 2. The maximum absolute atomic E-state index is 12.7. The number of aryl methyl sites for hydroxylation is 1. The van der Waals surface area contributed by atoms with Gasteiger partial charge in [0.15, 0.2) is 0 Å². The molecule has 2 N–H and O–H groups in total. The smallest absolute Gasteiger partial charge is 0.333 e. The van der Waals surface area contributed by atoms with Crippen LogP contribution in [0.15, 0.2) is 24.3 Å². The van der Waals surface area contributed by atoms with E-state index in [4.69, 9.17) is 5.73 Å². The largest absolute Gasteiger partial charge is 0.378 e. The number of benzene rings is 1. The maximum atomic E-state index is 12.7. The Kier molecular flexibility index (Phi) is 2.97. The Morgan fingerprint density at radius 2 is 2.06 bits per heavy atom. The number of nitro groups is 1. The van der Waals surface area contributed by atoms with E-state index in [-0.39, 0.29) is 29.6 Å². The molecule has 0 aliphatic heterocycles. The molecule has 0 saturated carbocycles. The Bertz CT molecular complexity index is 592. The summed E-state index contributed by atoms with van der Waals surface area (Å²) < 4.78 is 14.1. The highest BCUT2D eigenvalue weighted by molar-refractivity contribution is 5.56. The van der Waals surface area contributed by atoms with Crippen molar-refractivity contribution in [2.45, 2.75) is 13.5 Å². The van der Waals surface area contributed by atoms with Gasteiger partial charge < -0.3 is 5.73 Å². The van der Waals surface area contributed by atoms with Crippen LogP contribution in [0.25, 0.3) is 0 Å². The SMILES string of the molecule is Cc1nn(Cc2ccc(F)cc2)c(N)c1[N+](=O)[O-]. The first kappa shape index (κ1) is 12.0. The van der Waals surface area contributed by atoms with Gasteiger partial charge in [0.2, 0.25) is 5.82 Å². The summed E-state index contributed by atoms with van der Waals surface area (Å²) in [5, 5.41) is 14.8. The number of nitrogen functional groups attached to an aromatic ring is 1. The summed E-state index contributed by atoms with van der Waals surface area (Å²) in [4.78, 5) is 10.2. The molecule has 0 aliphatic carbocycles. The van der Waals surface area contributed by atoms with Gasteiger partial charge in [-0.25, -0.2) is 9.07 Å². The van der Waals surface area contributed by atoms with Gasteiger partial charge in [-0.1, -0.05) is 12.1 Å². The molecule has 2 rings (SSSR count). The van der Waals surface area contributed by atoms with Crippen LogP contribution >= 0.6 is 0 Å². The molecule has 0 amide bonds. The highest BCUT2D eigenvalue weighted by atomic mass is 19.1. The molecule has 0 fully saturated rings. The molecule has 0 atom stereocenters. The maximum Gasteiger partial charge on any atom is 0.333 e. The Morgan fingerprint density at radius 3 is 2.56 bits per heavy atom. The topological polar surface area (TPSA) is 87.0 Å². The second-order valence-corrected chi connectivity index (χ2v) is 3.86. The molecule has 0 radical (unpaired) electrons. The van der Waals surface area contributed by atoms with Gasteiger partial charge in [0.25, 0.3) is 0 Å². The van der Waals surface area contributed by atoms with Gasteiger partial charge >= 0.3 is 5.69 Å². The van der Waals surface area contributed by atoms with Gasteiger partial charge in [-0.15, -0.1) is 0 Å². The minimum absolute atomic E-state index is 0.00169. The highest BCUT2D eigenvalue weighted by Crippen LogP contribution is 2.25. The number of hydrogen-bond acceptors (Lipinski definition) is 4. The van der Waals surface area contributed by atoms with Crippen LogP contribution in [0.4, 0.5) is 15.9 Å². The minimum atomic E-state index is -0.557. The predicted octanol–water partition coefficient (Wildman–Crippen LogP) is 1.87. The van der Waals surface area contributed by atoms with E-state index >= 15 is 0 Å².